The summed E-state index contributed by atoms with van der Waals surface area (Å²) in [4.78, 5) is 11.5. The molecule has 16 nitrogen and oxygen atoms in total. The van der Waals surface area contributed by atoms with E-state index in [1.807, 2.05) is 0 Å². The van der Waals surface area contributed by atoms with Gasteiger partial charge in [-0.15, -0.1) is 0 Å². The number of aliphatic hydroxyl groups is 9. The van der Waals surface area contributed by atoms with E-state index in [0.717, 1.165) is 6.92 Å². The average Bonchev–Trinajstić information content (AvgIpc) is 2.84. The van der Waals surface area contributed by atoms with Gasteiger partial charge >= 0.3 is 0 Å². The van der Waals surface area contributed by atoms with E-state index in [9.17, 15) is 50.8 Å². The highest BCUT2D eigenvalue weighted by Crippen LogP contribution is 2.32. The van der Waals surface area contributed by atoms with Crippen LogP contribution in [0.5, 0.6) is 0 Å². The largest absolute Gasteiger partial charge is 0.394 e. The van der Waals surface area contributed by atoms with Crippen LogP contribution in [0, 0.1) is 0 Å². The van der Waals surface area contributed by atoms with E-state index in [1.165, 1.54) is 6.92 Å². The molecule has 3 saturated heterocycles. The Morgan fingerprint density at radius 2 is 1.33 bits per heavy atom. The monoisotopic (exact) mass is 529 g/mol. The number of hydrogen-bond donors (Lipinski definition) is 10. The van der Waals surface area contributed by atoms with Gasteiger partial charge < -0.3 is 75.0 Å². The van der Waals surface area contributed by atoms with Crippen LogP contribution in [-0.2, 0) is 28.5 Å². The third kappa shape index (κ3) is 5.97. The molecule has 10 N–H and O–H groups in total. The molecule has 3 fully saturated rings. The first-order chi connectivity index (χ1) is 16.9. The third-order valence-electron chi connectivity index (χ3n) is 6.46. The number of aliphatic hydroxyl groups excluding tert-OH is 9. The first-order valence-corrected chi connectivity index (χ1v) is 11.4. The van der Waals surface area contributed by atoms with Crippen molar-refractivity contribution >= 4 is 5.91 Å². The maximum atomic E-state index is 11.5. The van der Waals surface area contributed by atoms with Crippen LogP contribution in [0.15, 0.2) is 0 Å². The predicted octanol–water partition coefficient (Wildman–Crippen LogP) is -6.40. The Balaban J connectivity index is 1.86. The molecule has 3 aliphatic rings. The first-order valence-electron chi connectivity index (χ1n) is 11.4. The molecule has 0 spiro atoms. The van der Waals surface area contributed by atoms with Crippen LogP contribution in [0.2, 0.25) is 0 Å². The highest BCUT2D eigenvalue weighted by Gasteiger charge is 2.53. The fourth-order valence-corrected chi connectivity index (χ4v) is 4.39. The van der Waals surface area contributed by atoms with Crippen LogP contribution >= 0.6 is 0 Å². The molecular weight excluding hydrogens is 494 g/mol. The molecule has 16 heteroatoms. The van der Waals surface area contributed by atoms with Crippen LogP contribution in [-0.4, -0.2) is 157 Å². The fraction of sp³-hybridized carbons (Fsp3) is 0.950. The fourth-order valence-electron chi connectivity index (χ4n) is 4.39. The van der Waals surface area contributed by atoms with Crippen molar-refractivity contribution in [3.63, 3.8) is 0 Å². The summed E-state index contributed by atoms with van der Waals surface area (Å²) in [6.45, 7) is 0.997. The van der Waals surface area contributed by atoms with Gasteiger partial charge in [-0.3, -0.25) is 4.79 Å². The van der Waals surface area contributed by atoms with Gasteiger partial charge in [0.15, 0.2) is 18.9 Å². The minimum atomic E-state index is -1.82. The minimum Gasteiger partial charge on any atom is -0.394 e. The molecule has 0 bridgehead atoms. The average molecular weight is 529 g/mol. The number of nitrogens with one attached hydrogen (secondary N) is 1. The van der Waals surface area contributed by atoms with Crippen LogP contribution in [0.25, 0.3) is 0 Å². The molecule has 1 amide bonds. The number of carbonyl (C=O) groups excluding carboxylic acids is 1. The smallest absolute Gasteiger partial charge is 0.217 e. The van der Waals surface area contributed by atoms with Crippen LogP contribution in [0.1, 0.15) is 13.8 Å². The van der Waals surface area contributed by atoms with E-state index in [1.54, 1.807) is 0 Å². The molecule has 0 saturated carbocycles. The molecule has 3 aliphatic heterocycles. The van der Waals surface area contributed by atoms with Crippen molar-refractivity contribution in [2.75, 3.05) is 13.2 Å². The zero-order chi connectivity index (χ0) is 26.9. The molecule has 36 heavy (non-hydrogen) atoms. The van der Waals surface area contributed by atoms with Crippen LogP contribution in [0.3, 0.4) is 0 Å². The minimum absolute atomic E-state index is 0.616. The number of carbonyl (C=O) groups is 1. The van der Waals surface area contributed by atoms with Crippen molar-refractivity contribution in [2.24, 2.45) is 0 Å². The van der Waals surface area contributed by atoms with Gasteiger partial charge in [-0.2, -0.15) is 0 Å². The Labute approximate surface area is 205 Å². The summed E-state index contributed by atoms with van der Waals surface area (Å²) in [6, 6.07) is -1.39. The number of rotatable bonds is 7. The first kappa shape index (κ1) is 29.5. The summed E-state index contributed by atoms with van der Waals surface area (Å²) in [5, 5.41) is 93.8. The molecule has 0 aromatic rings. The second-order valence-electron chi connectivity index (χ2n) is 9.05. The van der Waals surface area contributed by atoms with E-state index in [0.29, 0.717) is 0 Å². The molecule has 15 atom stereocenters. The zero-order valence-corrected chi connectivity index (χ0v) is 19.5. The Morgan fingerprint density at radius 3 is 1.92 bits per heavy atom. The van der Waals surface area contributed by atoms with Gasteiger partial charge in [-0.1, -0.05) is 0 Å². The van der Waals surface area contributed by atoms with Gasteiger partial charge in [0, 0.05) is 6.92 Å². The summed E-state index contributed by atoms with van der Waals surface area (Å²) in [5.74, 6) is -0.616. The molecule has 3 heterocycles. The summed E-state index contributed by atoms with van der Waals surface area (Å²) >= 11 is 0. The van der Waals surface area contributed by atoms with Crippen molar-refractivity contribution in [1.82, 2.24) is 5.32 Å². The second-order valence-corrected chi connectivity index (χ2v) is 9.05. The van der Waals surface area contributed by atoms with E-state index in [4.69, 9.17) is 23.7 Å². The lowest BCUT2D eigenvalue weighted by Gasteiger charge is -2.48. The molecule has 0 aromatic heterocycles. The third-order valence-corrected chi connectivity index (χ3v) is 6.46. The standard InChI is InChI=1S/C20H35NO15/c1-5-10(25)13(28)15(30)19(32-5)36-17-14(29)11(26)7(3-22)34-20(17)35-16-8(4-23)33-18(31)9(12(16)27)21-6(2)24/h5,7-20,22-23,25-31H,3-4H2,1-2H3,(H,21,24)/t5-,7+,8+,9+,10+,11-,12+,13+,14-,15-,16-,17+,18-,19-,20-/m0/s1. The van der Waals surface area contributed by atoms with Gasteiger partial charge in [0.25, 0.3) is 0 Å². The lowest BCUT2D eigenvalue weighted by molar-refractivity contribution is -0.382. The van der Waals surface area contributed by atoms with Crippen LogP contribution in [0.4, 0.5) is 0 Å². The van der Waals surface area contributed by atoms with Crippen molar-refractivity contribution in [1.29, 1.82) is 0 Å². The van der Waals surface area contributed by atoms with E-state index in [-0.39, 0.29) is 0 Å². The van der Waals surface area contributed by atoms with Crippen molar-refractivity contribution < 1.29 is 74.4 Å². The second kappa shape index (κ2) is 12.2. The summed E-state index contributed by atoms with van der Waals surface area (Å²) in [7, 11) is 0. The Kier molecular flexibility index (Phi) is 9.97. The number of ether oxygens (including phenoxy) is 5. The molecular formula is C20H35NO15. The lowest BCUT2D eigenvalue weighted by Crippen LogP contribution is -2.68. The topological polar surface area (TPSA) is 257 Å². The summed E-state index contributed by atoms with van der Waals surface area (Å²) in [6.07, 6.45) is -22.1. The molecule has 3 rings (SSSR count). The Bertz CT molecular complexity index is 731. The molecule has 210 valence electrons. The predicted molar refractivity (Wildman–Crippen MR) is 111 cm³/mol. The Morgan fingerprint density at radius 1 is 0.722 bits per heavy atom. The number of hydrogen-bond acceptors (Lipinski definition) is 15. The van der Waals surface area contributed by atoms with Gasteiger partial charge in [0.2, 0.25) is 5.91 Å². The quantitative estimate of drug-likeness (QED) is 0.147. The lowest BCUT2D eigenvalue weighted by atomic mass is 9.95. The highest BCUT2D eigenvalue weighted by molar-refractivity contribution is 5.73. The summed E-state index contributed by atoms with van der Waals surface area (Å²) in [5.41, 5.74) is 0. The molecule has 0 aromatic carbocycles. The number of amides is 1. The van der Waals surface area contributed by atoms with Gasteiger partial charge in [0.05, 0.1) is 19.3 Å². The van der Waals surface area contributed by atoms with Gasteiger partial charge in [-0.25, -0.2) is 0 Å². The normalized spacial score (nSPS) is 50.0. The van der Waals surface area contributed by atoms with E-state index >= 15 is 0 Å². The van der Waals surface area contributed by atoms with E-state index < -0.39 is 111 Å². The maximum absolute atomic E-state index is 11.5. The molecule has 0 unspecified atom stereocenters. The van der Waals surface area contributed by atoms with Gasteiger partial charge in [-0.05, 0) is 6.92 Å². The highest BCUT2D eigenvalue weighted by atomic mass is 16.8. The van der Waals surface area contributed by atoms with Crippen LogP contribution < -0.4 is 5.32 Å². The maximum Gasteiger partial charge on any atom is 0.217 e. The SMILES string of the molecule is CC(=O)N[C@@H]1[C@@H](O)[C@@H](O[C@@H]2O[C@H](CO)[C@H](O)[C@H](O)[C@H]2O[C@@H]2O[C@@H](C)[C@@H](O)[C@@H](O)[C@@H]2O)[C@@H](CO)O[C@@H]1O. The van der Waals surface area contributed by atoms with Crippen molar-refractivity contribution in [2.45, 2.75) is 106 Å². The van der Waals surface area contributed by atoms with Crippen molar-refractivity contribution in [3.8, 4) is 0 Å². The molecule has 0 radical (unpaired) electrons. The van der Waals surface area contributed by atoms with Crippen molar-refractivity contribution in [3.05, 3.63) is 0 Å². The molecule has 0 aliphatic carbocycles. The summed E-state index contributed by atoms with van der Waals surface area (Å²) < 4.78 is 27.5. The van der Waals surface area contributed by atoms with E-state index in [2.05, 4.69) is 5.32 Å². The van der Waals surface area contributed by atoms with Gasteiger partial charge in [0.1, 0.15) is 67.1 Å². The zero-order valence-electron chi connectivity index (χ0n) is 19.5. The Hall–Kier alpha value is -1.09.